The molecule has 0 fully saturated rings. The van der Waals surface area contributed by atoms with Gasteiger partial charge in [0.05, 0.1) is 0 Å². The van der Waals surface area contributed by atoms with E-state index in [1.165, 1.54) is 23.3 Å². The smallest absolute Gasteiger partial charge is 0.253 e. The molecule has 0 aromatic heterocycles. The number of rotatable bonds is 3. The molecule has 0 atom stereocenters. The van der Waals surface area contributed by atoms with Gasteiger partial charge in [-0.05, 0) is 66.3 Å². The van der Waals surface area contributed by atoms with Crippen molar-refractivity contribution in [3.8, 4) is 0 Å². The van der Waals surface area contributed by atoms with Gasteiger partial charge in [-0.2, -0.15) is 0 Å². The van der Waals surface area contributed by atoms with Gasteiger partial charge in [-0.3, -0.25) is 16.3 Å². The van der Waals surface area contributed by atoms with Crippen LogP contribution in [0.3, 0.4) is 0 Å². The predicted molar refractivity (Wildman–Crippen MR) is 92.5 cm³/mol. The van der Waals surface area contributed by atoms with Crippen molar-refractivity contribution in [2.75, 3.05) is 0 Å². The van der Waals surface area contributed by atoms with Gasteiger partial charge in [0.2, 0.25) is 0 Å². The number of aryl methyl sites for hydroxylation is 1. The molecule has 1 aliphatic rings. The van der Waals surface area contributed by atoms with Crippen molar-refractivity contribution in [1.29, 1.82) is 0 Å². The van der Waals surface area contributed by atoms with E-state index in [9.17, 15) is 9.18 Å². The SMILES string of the molecule is CC1=C(c2ccc(F)cc2)c2cc(C(=O)NC(N)N)ccc2CC1. The van der Waals surface area contributed by atoms with Crippen molar-refractivity contribution < 1.29 is 9.18 Å². The summed E-state index contributed by atoms with van der Waals surface area (Å²) in [6, 6.07) is 12.0. The first-order valence-electron chi connectivity index (χ1n) is 7.86. The van der Waals surface area contributed by atoms with E-state index >= 15 is 0 Å². The van der Waals surface area contributed by atoms with E-state index in [0.717, 1.165) is 29.5 Å². The highest BCUT2D eigenvalue weighted by molar-refractivity contribution is 5.96. The molecule has 0 spiro atoms. The Morgan fingerprint density at radius 3 is 2.50 bits per heavy atom. The van der Waals surface area contributed by atoms with Gasteiger partial charge in [0, 0.05) is 5.56 Å². The molecule has 24 heavy (non-hydrogen) atoms. The monoisotopic (exact) mass is 325 g/mol. The summed E-state index contributed by atoms with van der Waals surface area (Å²) in [5.41, 5.74) is 16.8. The normalized spacial score (nSPS) is 13.9. The number of benzene rings is 2. The molecule has 0 aliphatic heterocycles. The van der Waals surface area contributed by atoms with E-state index in [1.807, 2.05) is 12.1 Å². The van der Waals surface area contributed by atoms with Crippen LogP contribution in [0.15, 0.2) is 48.0 Å². The molecule has 2 aromatic carbocycles. The number of carbonyl (C=O) groups is 1. The van der Waals surface area contributed by atoms with Crippen LogP contribution in [0, 0.1) is 5.82 Å². The maximum Gasteiger partial charge on any atom is 0.253 e. The van der Waals surface area contributed by atoms with Gasteiger partial charge < -0.3 is 5.32 Å². The Morgan fingerprint density at radius 1 is 1.12 bits per heavy atom. The highest BCUT2D eigenvalue weighted by Crippen LogP contribution is 2.36. The molecule has 0 saturated heterocycles. The number of carbonyl (C=O) groups excluding carboxylic acids is 1. The van der Waals surface area contributed by atoms with E-state index in [-0.39, 0.29) is 11.7 Å². The lowest BCUT2D eigenvalue weighted by Crippen LogP contribution is -2.48. The molecule has 0 saturated carbocycles. The van der Waals surface area contributed by atoms with Crippen molar-refractivity contribution in [2.45, 2.75) is 26.1 Å². The van der Waals surface area contributed by atoms with Crippen LogP contribution in [0.25, 0.3) is 5.57 Å². The van der Waals surface area contributed by atoms with Gasteiger partial charge in [0.25, 0.3) is 5.91 Å². The summed E-state index contributed by atoms with van der Waals surface area (Å²) < 4.78 is 13.2. The van der Waals surface area contributed by atoms with Gasteiger partial charge in [-0.15, -0.1) is 0 Å². The van der Waals surface area contributed by atoms with Gasteiger partial charge in [-0.25, -0.2) is 4.39 Å². The standard InChI is InChI=1S/C19H20FN3O/c1-11-2-3-12-4-5-14(18(24)23-19(21)22)10-16(12)17(11)13-6-8-15(20)9-7-13/h4-10,19H,2-3,21-22H2,1H3,(H,23,24). The highest BCUT2D eigenvalue weighted by Gasteiger charge is 2.20. The fraction of sp³-hybridized carbons (Fsp3) is 0.211. The van der Waals surface area contributed by atoms with Crippen LogP contribution in [-0.2, 0) is 6.42 Å². The second kappa shape index (κ2) is 6.55. The van der Waals surface area contributed by atoms with Crippen LogP contribution >= 0.6 is 0 Å². The summed E-state index contributed by atoms with van der Waals surface area (Å²) in [5.74, 6) is -0.576. The number of fused-ring (bicyclic) bond motifs is 1. The van der Waals surface area contributed by atoms with Crippen molar-refractivity contribution in [3.63, 3.8) is 0 Å². The quantitative estimate of drug-likeness (QED) is 0.759. The second-order valence-electron chi connectivity index (χ2n) is 6.03. The fourth-order valence-electron chi connectivity index (χ4n) is 3.10. The summed E-state index contributed by atoms with van der Waals surface area (Å²) in [6.07, 6.45) is 0.964. The number of nitrogens with two attached hydrogens (primary N) is 2. The molecule has 0 unspecified atom stereocenters. The lowest BCUT2D eigenvalue weighted by molar-refractivity contribution is 0.0939. The van der Waals surface area contributed by atoms with E-state index in [0.29, 0.717) is 5.56 Å². The van der Waals surface area contributed by atoms with Crippen molar-refractivity contribution in [2.24, 2.45) is 11.5 Å². The third kappa shape index (κ3) is 3.22. The number of amides is 1. The molecule has 0 heterocycles. The summed E-state index contributed by atoms with van der Waals surface area (Å²) in [6.45, 7) is 2.07. The molecule has 0 bridgehead atoms. The van der Waals surface area contributed by atoms with Crippen LogP contribution in [-0.4, -0.2) is 12.2 Å². The molecule has 1 aliphatic carbocycles. The lowest BCUT2D eigenvalue weighted by atomic mass is 9.82. The zero-order chi connectivity index (χ0) is 17.3. The van der Waals surface area contributed by atoms with Crippen LogP contribution in [0.4, 0.5) is 4.39 Å². The number of allylic oxidation sites excluding steroid dienone is 1. The Morgan fingerprint density at radius 2 is 1.83 bits per heavy atom. The maximum atomic E-state index is 13.2. The van der Waals surface area contributed by atoms with Gasteiger partial charge in [0.15, 0.2) is 0 Å². The lowest BCUT2D eigenvalue weighted by Gasteiger charge is -2.23. The zero-order valence-corrected chi connectivity index (χ0v) is 13.5. The summed E-state index contributed by atoms with van der Waals surface area (Å²) in [7, 11) is 0. The number of nitrogens with one attached hydrogen (secondary N) is 1. The Kier molecular flexibility index (Phi) is 4.46. The van der Waals surface area contributed by atoms with Crippen LogP contribution < -0.4 is 16.8 Å². The third-order valence-corrected chi connectivity index (χ3v) is 4.27. The largest absolute Gasteiger partial charge is 0.324 e. The minimum absolute atomic E-state index is 0.266. The van der Waals surface area contributed by atoms with E-state index < -0.39 is 6.29 Å². The Hall–Kier alpha value is -2.50. The van der Waals surface area contributed by atoms with Crippen molar-refractivity contribution >= 4 is 11.5 Å². The van der Waals surface area contributed by atoms with Crippen LogP contribution in [0.2, 0.25) is 0 Å². The topological polar surface area (TPSA) is 81.1 Å². The number of hydrogen-bond donors (Lipinski definition) is 3. The predicted octanol–water partition coefficient (Wildman–Crippen LogP) is 2.52. The zero-order valence-electron chi connectivity index (χ0n) is 13.5. The molecule has 0 radical (unpaired) electrons. The summed E-state index contributed by atoms with van der Waals surface area (Å²) in [5, 5.41) is 2.49. The second-order valence-corrected chi connectivity index (χ2v) is 6.03. The molecular formula is C19H20FN3O. The first-order chi connectivity index (χ1) is 11.5. The molecule has 3 rings (SSSR count). The van der Waals surface area contributed by atoms with Crippen LogP contribution in [0.1, 0.15) is 40.4 Å². The van der Waals surface area contributed by atoms with Crippen molar-refractivity contribution in [3.05, 3.63) is 76.1 Å². The maximum absolute atomic E-state index is 13.2. The molecule has 4 nitrogen and oxygen atoms in total. The molecule has 1 amide bonds. The van der Waals surface area contributed by atoms with Gasteiger partial charge in [0.1, 0.15) is 12.1 Å². The average Bonchev–Trinajstić information content (AvgIpc) is 2.55. The third-order valence-electron chi connectivity index (χ3n) is 4.27. The van der Waals surface area contributed by atoms with Crippen molar-refractivity contribution in [1.82, 2.24) is 5.32 Å². The Bertz CT molecular complexity index is 810. The Balaban J connectivity index is 2.07. The number of halogens is 1. The number of hydrogen-bond acceptors (Lipinski definition) is 3. The highest BCUT2D eigenvalue weighted by atomic mass is 19.1. The van der Waals surface area contributed by atoms with Gasteiger partial charge >= 0.3 is 0 Å². The molecular weight excluding hydrogens is 305 g/mol. The molecule has 124 valence electrons. The minimum atomic E-state index is -0.901. The first kappa shape index (κ1) is 16.4. The summed E-state index contributed by atoms with van der Waals surface area (Å²) in [4.78, 5) is 12.2. The molecule has 2 aromatic rings. The molecule has 5 N–H and O–H groups in total. The van der Waals surface area contributed by atoms with Gasteiger partial charge in [-0.1, -0.05) is 23.8 Å². The van der Waals surface area contributed by atoms with E-state index in [2.05, 4.69) is 12.2 Å². The van der Waals surface area contributed by atoms with Crippen LogP contribution in [0.5, 0.6) is 0 Å². The summed E-state index contributed by atoms with van der Waals surface area (Å²) >= 11 is 0. The average molecular weight is 325 g/mol. The van der Waals surface area contributed by atoms with E-state index in [4.69, 9.17) is 11.5 Å². The van der Waals surface area contributed by atoms with E-state index in [1.54, 1.807) is 18.2 Å². The minimum Gasteiger partial charge on any atom is -0.324 e. The first-order valence-corrected chi connectivity index (χ1v) is 7.86. The fourth-order valence-corrected chi connectivity index (χ4v) is 3.10. The Labute approximate surface area is 140 Å². The molecule has 5 heteroatoms.